The Labute approximate surface area is 150 Å². The van der Waals surface area contributed by atoms with Gasteiger partial charge in [-0.25, -0.2) is 0 Å². The summed E-state index contributed by atoms with van der Waals surface area (Å²) in [5.74, 6) is -0.222. The van der Waals surface area contributed by atoms with Gasteiger partial charge in [-0.05, 0) is 11.6 Å². The van der Waals surface area contributed by atoms with Gasteiger partial charge >= 0.3 is 0 Å². The summed E-state index contributed by atoms with van der Waals surface area (Å²) >= 11 is 1.33. The zero-order valence-corrected chi connectivity index (χ0v) is 14.7. The van der Waals surface area contributed by atoms with Gasteiger partial charge in [0.1, 0.15) is 0 Å². The number of anilines is 2. The van der Waals surface area contributed by atoms with Gasteiger partial charge < -0.3 is 10.1 Å². The molecule has 1 saturated heterocycles. The monoisotopic (exact) mass is 359 g/mol. The average molecular weight is 359 g/mol. The van der Waals surface area contributed by atoms with Crippen LogP contribution in [-0.4, -0.2) is 60.4 Å². The molecule has 25 heavy (non-hydrogen) atoms. The molecule has 2 heterocycles. The Balaban J connectivity index is 1.41. The molecule has 8 heteroatoms. The van der Waals surface area contributed by atoms with Crippen molar-refractivity contribution in [2.24, 2.45) is 0 Å². The number of carbonyl (C=O) groups excluding carboxylic acids is 1. The number of amides is 1. The quantitative estimate of drug-likeness (QED) is 0.736. The van der Waals surface area contributed by atoms with E-state index in [1.165, 1.54) is 17.4 Å². The van der Waals surface area contributed by atoms with Crippen molar-refractivity contribution in [1.82, 2.24) is 15.1 Å². The van der Waals surface area contributed by atoms with E-state index in [2.05, 4.69) is 25.7 Å². The highest BCUT2D eigenvalue weighted by atomic mass is 32.1. The first-order chi connectivity index (χ1) is 12.3. The maximum atomic E-state index is 11.9. The number of morpholine rings is 1. The van der Waals surface area contributed by atoms with E-state index in [-0.39, 0.29) is 5.91 Å². The fraction of sp³-hybridized carbons (Fsp3) is 0.353. The lowest BCUT2D eigenvalue weighted by Crippen LogP contribution is -2.38. The Morgan fingerprint density at radius 1 is 1.20 bits per heavy atom. The minimum Gasteiger partial charge on any atom is -0.379 e. The second-order valence-electron chi connectivity index (χ2n) is 5.53. The van der Waals surface area contributed by atoms with Gasteiger partial charge in [-0.1, -0.05) is 41.7 Å². The zero-order chi connectivity index (χ0) is 17.3. The van der Waals surface area contributed by atoms with Crippen LogP contribution in [0.3, 0.4) is 0 Å². The van der Waals surface area contributed by atoms with Crippen LogP contribution in [-0.2, 0) is 9.53 Å². The van der Waals surface area contributed by atoms with Crippen LogP contribution < -0.4 is 10.6 Å². The molecular formula is C17H21N5O2S. The van der Waals surface area contributed by atoms with Crippen LogP contribution in [0.2, 0.25) is 0 Å². The molecule has 0 bridgehead atoms. The first-order valence-corrected chi connectivity index (χ1v) is 9.03. The zero-order valence-electron chi connectivity index (χ0n) is 13.9. The van der Waals surface area contributed by atoms with Gasteiger partial charge in [-0.15, -0.1) is 10.2 Å². The third-order valence-corrected chi connectivity index (χ3v) is 4.49. The fourth-order valence-electron chi connectivity index (χ4n) is 2.37. The van der Waals surface area contributed by atoms with Crippen molar-refractivity contribution in [1.29, 1.82) is 0 Å². The minimum absolute atomic E-state index is 0.222. The van der Waals surface area contributed by atoms with E-state index >= 15 is 0 Å². The van der Waals surface area contributed by atoms with E-state index < -0.39 is 0 Å². The highest BCUT2D eigenvalue weighted by Gasteiger charge is 2.10. The molecular weight excluding hydrogens is 338 g/mol. The Morgan fingerprint density at radius 2 is 1.96 bits per heavy atom. The lowest BCUT2D eigenvalue weighted by atomic mass is 10.2. The smallest absolute Gasteiger partial charge is 0.250 e. The van der Waals surface area contributed by atoms with E-state index in [0.717, 1.165) is 45.0 Å². The molecule has 2 N–H and O–H groups in total. The van der Waals surface area contributed by atoms with Crippen molar-refractivity contribution >= 4 is 33.6 Å². The highest BCUT2D eigenvalue weighted by Crippen LogP contribution is 2.19. The molecule has 1 aliphatic rings. The molecule has 1 amide bonds. The average Bonchev–Trinajstić information content (AvgIpc) is 3.09. The Morgan fingerprint density at radius 3 is 2.76 bits per heavy atom. The predicted octanol–water partition coefficient (Wildman–Crippen LogP) is 1.93. The van der Waals surface area contributed by atoms with Gasteiger partial charge in [0.05, 0.1) is 13.2 Å². The van der Waals surface area contributed by atoms with Gasteiger partial charge in [-0.3, -0.25) is 15.0 Å². The Kier molecular flexibility index (Phi) is 6.49. The number of aromatic nitrogens is 2. The van der Waals surface area contributed by atoms with Crippen LogP contribution in [0.5, 0.6) is 0 Å². The second-order valence-corrected chi connectivity index (χ2v) is 6.50. The predicted molar refractivity (Wildman–Crippen MR) is 99.8 cm³/mol. The first kappa shape index (κ1) is 17.5. The number of hydrogen-bond acceptors (Lipinski definition) is 7. The van der Waals surface area contributed by atoms with E-state index in [1.54, 1.807) is 6.08 Å². The van der Waals surface area contributed by atoms with Crippen molar-refractivity contribution in [3.05, 3.63) is 42.0 Å². The molecule has 2 aromatic rings. The summed E-state index contributed by atoms with van der Waals surface area (Å²) in [5.41, 5.74) is 0.973. The molecule has 132 valence electrons. The van der Waals surface area contributed by atoms with Crippen LogP contribution in [0.15, 0.2) is 36.4 Å². The lowest BCUT2D eigenvalue weighted by Gasteiger charge is -2.26. The minimum atomic E-state index is -0.222. The number of ether oxygens (including phenoxy) is 1. The van der Waals surface area contributed by atoms with E-state index in [4.69, 9.17) is 4.74 Å². The van der Waals surface area contributed by atoms with Crippen molar-refractivity contribution in [2.75, 3.05) is 50.0 Å². The summed E-state index contributed by atoms with van der Waals surface area (Å²) in [7, 11) is 0. The van der Waals surface area contributed by atoms with Crippen LogP contribution in [0.1, 0.15) is 5.56 Å². The lowest BCUT2D eigenvalue weighted by molar-refractivity contribution is -0.111. The Bertz CT molecular complexity index is 698. The normalized spacial score (nSPS) is 15.4. The number of benzene rings is 1. The number of nitrogens with one attached hydrogen (secondary N) is 2. The van der Waals surface area contributed by atoms with Crippen LogP contribution in [0, 0.1) is 0 Å². The molecule has 3 rings (SSSR count). The molecule has 1 aromatic carbocycles. The Hall–Kier alpha value is -2.29. The molecule has 7 nitrogen and oxygen atoms in total. The van der Waals surface area contributed by atoms with Crippen molar-refractivity contribution in [3.8, 4) is 0 Å². The summed E-state index contributed by atoms with van der Waals surface area (Å²) in [5, 5.41) is 15.2. The van der Waals surface area contributed by atoms with Gasteiger partial charge in [0, 0.05) is 32.3 Å². The number of carbonyl (C=O) groups is 1. The fourth-order valence-corrected chi connectivity index (χ4v) is 3.05. The summed E-state index contributed by atoms with van der Waals surface area (Å²) in [6.07, 6.45) is 3.25. The third-order valence-electron chi connectivity index (χ3n) is 3.69. The van der Waals surface area contributed by atoms with E-state index in [0.29, 0.717) is 10.3 Å². The van der Waals surface area contributed by atoms with Crippen molar-refractivity contribution < 1.29 is 9.53 Å². The van der Waals surface area contributed by atoms with Gasteiger partial charge in [0.2, 0.25) is 16.2 Å². The topological polar surface area (TPSA) is 79.4 Å². The summed E-state index contributed by atoms with van der Waals surface area (Å²) in [6.45, 7) is 5.25. The number of hydrogen-bond donors (Lipinski definition) is 2. The summed E-state index contributed by atoms with van der Waals surface area (Å²) in [6, 6.07) is 9.66. The highest BCUT2D eigenvalue weighted by molar-refractivity contribution is 7.19. The molecule has 0 unspecified atom stereocenters. The molecule has 0 radical (unpaired) electrons. The first-order valence-electron chi connectivity index (χ1n) is 8.21. The van der Waals surface area contributed by atoms with Crippen LogP contribution >= 0.6 is 11.3 Å². The molecule has 1 fully saturated rings. The molecule has 0 aliphatic carbocycles. The van der Waals surface area contributed by atoms with E-state index in [1.807, 2.05) is 30.3 Å². The van der Waals surface area contributed by atoms with Crippen molar-refractivity contribution in [2.45, 2.75) is 0 Å². The third kappa shape index (κ3) is 5.93. The van der Waals surface area contributed by atoms with Crippen LogP contribution in [0.4, 0.5) is 10.3 Å². The van der Waals surface area contributed by atoms with Gasteiger partial charge in [0.15, 0.2) is 0 Å². The summed E-state index contributed by atoms with van der Waals surface area (Å²) in [4.78, 5) is 14.3. The largest absolute Gasteiger partial charge is 0.379 e. The summed E-state index contributed by atoms with van der Waals surface area (Å²) < 4.78 is 5.32. The van der Waals surface area contributed by atoms with Gasteiger partial charge in [-0.2, -0.15) is 0 Å². The maximum Gasteiger partial charge on any atom is 0.250 e. The standard InChI is InChI=1S/C17H21N5O2S/c23-15(7-6-14-4-2-1-3-5-14)19-17-21-20-16(25-17)18-8-9-22-10-12-24-13-11-22/h1-7H,8-13H2,(H,18,20)(H,19,21,23). The number of nitrogens with zero attached hydrogens (tertiary/aromatic N) is 3. The molecule has 0 saturated carbocycles. The molecule has 1 aromatic heterocycles. The van der Waals surface area contributed by atoms with Gasteiger partial charge in [0.25, 0.3) is 0 Å². The van der Waals surface area contributed by atoms with E-state index in [9.17, 15) is 4.79 Å². The SMILES string of the molecule is O=C(C=Cc1ccccc1)Nc1nnc(NCCN2CCOCC2)s1. The van der Waals surface area contributed by atoms with Crippen molar-refractivity contribution in [3.63, 3.8) is 0 Å². The molecule has 1 aliphatic heterocycles. The maximum absolute atomic E-state index is 11.9. The molecule has 0 spiro atoms. The second kappa shape index (κ2) is 9.26. The van der Waals surface area contributed by atoms with Crippen LogP contribution in [0.25, 0.3) is 6.08 Å². The number of rotatable bonds is 7. The molecule has 0 atom stereocenters.